The minimum absolute atomic E-state index is 0. The van der Waals surface area contributed by atoms with E-state index in [4.69, 9.17) is 11.6 Å². The summed E-state index contributed by atoms with van der Waals surface area (Å²) in [4.78, 5) is 0. The van der Waals surface area contributed by atoms with E-state index in [2.05, 4.69) is 0 Å². The van der Waals surface area contributed by atoms with Crippen molar-refractivity contribution in [3.63, 3.8) is 0 Å². The Bertz CT molecular complexity index is 185. The largest absolute Gasteiger partial charge is 0.207 e. The van der Waals surface area contributed by atoms with Crippen molar-refractivity contribution in [2.75, 3.05) is 0 Å². The topological polar surface area (TPSA) is 0 Å². The molecule has 0 aliphatic rings. The monoisotopic (exact) mass is 208 g/mol. The second-order valence-electron chi connectivity index (χ2n) is 1.76. The predicted octanol–water partition coefficient (Wildman–Crippen LogP) is 2.56. The van der Waals surface area contributed by atoms with Crippen molar-refractivity contribution in [2.45, 2.75) is 5.88 Å². The molecule has 0 unspecified atom stereocenters. The average Bonchev–Trinajstić information content (AvgIpc) is 1.90. The number of alkyl halides is 1. The van der Waals surface area contributed by atoms with E-state index in [1.165, 1.54) is 12.1 Å². The van der Waals surface area contributed by atoms with Gasteiger partial charge in [0.15, 0.2) is 0 Å². The second kappa shape index (κ2) is 4.81. The van der Waals surface area contributed by atoms with Gasteiger partial charge in [0.05, 0.1) is 0 Å². The maximum atomic E-state index is 12.2. The van der Waals surface area contributed by atoms with Crippen LogP contribution in [0.25, 0.3) is 0 Å². The third-order valence-corrected chi connectivity index (χ3v) is 1.38. The van der Waals surface area contributed by atoms with Gasteiger partial charge >= 0.3 is 0 Å². The van der Waals surface area contributed by atoms with Crippen LogP contribution in [0.5, 0.6) is 0 Å². The maximum absolute atomic E-state index is 12.2. The molecule has 0 aromatic heterocycles. The van der Waals surface area contributed by atoms with Crippen LogP contribution >= 0.6 is 11.6 Å². The van der Waals surface area contributed by atoms with Gasteiger partial charge in [-0.15, -0.1) is 11.6 Å². The molecule has 1 aromatic rings. The first-order chi connectivity index (χ1) is 4.33. The van der Waals surface area contributed by atoms with Crippen LogP contribution in [0.4, 0.5) is 4.39 Å². The molecule has 0 saturated carbocycles. The average molecular weight is 210 g/mol. The first-order valence-corrected chi connectivity index (χ1v) is 3.17. The smallest absolute Gasteiger partial charge is 0.123 e. The van der Waals surface area contributed by atoms with Crippen LogP contribution in [-0.4, -0.2) is 0 Å². The van der Waals surface area contributed by atoms with Crippen molar-refractivity contribution < 1.29 is 23.9 Å². The molecule has 3 heteroatoms. The Morgan fingerprint density at radius 1 is 1.20 bits per heavy atom. The van der Waals surface area contributed by atoms with Gasteiger partial charge in [0, 0.05) is 25.4 Å². The van der Waals surface area contributed by atoms with Gasteiger partial charge in [0.1, 0.15) is 5.82 Å². The van der Waals surface area contributed by atoms with Crippen molar-refractivity contribution >= 4 is 11.6 Å². The van der Waals surface area contributed by atoms with Crippen molar-refractivity contribution in [2.24, 2.45) is 0 Å². The van der Waals surface area contributed by atoms with Crippen molar-refractivity contribution in [1.82, 2.24) is 0 Å². The van der Waals surface area contributed by atoms with Gasteiger partial charge in [-0.05, 0) is 17.7 Å². The van der Waals surface area contributed by atoms with Gasteiger partial charge in [0.2, 0.25) is 0 Å². The molecule has 0 amide bonds. The van der Waals surface area contributed by atoms with Crippen LogP contribution in [-0.2, 0) is 25.4 Å². The molecule has 0 nitrogen and oxygen atoms in total. The van der Waals surface area contributed by atoms with Gasteiger partial charge in [-0.3, -0.25) is 0 Å². The van der Waals surface area contributed by atoms with Gasteiger partial charge in [-0.1, -0.05) is 12.1 Å². The molecule has 1 rings (SSSR count). The third kappa shape index (κ3) is 2.76. The van der Waals surface area contributed by atoms with Crippen molar-refractivity contribution in [3.05, 3.63) is 35.6 Å². The Morgan fingerprint density at radius 3 is 2.10 bits per heavy atom. The molecule has 50 valence electrons. The predicted molar refractivity (Wildman–Crippen MR) is 36.0 cm³/mol. The fourth-order valence-corrected chi connectivity index (χ4v) is 0.752. The van der Waals surface area contributed by atoms with E-state index < -0.39 is 0 Å². The maximum Gasteiger partial charge on any atom is 0.123 e. The molecule has 0 saturated heterocycles. The molecule has 0 fully saturated rings. The summed E-state index contributed by atoms with van der Waals surface area (Å²) in [7, 11) is 0. The normalized spacial score (nSPS) is 8.60. The number of rotatable bonds is 1. The first-order valence-electron chi connectivity index (χ1n) is 2.63. The Balaban J connectivity index is 0.000000810. The summed E-state index contributed by atoms with van der Waals surface area (Å²) >= 11 is 5.46. The summed E-state index contributed by atoms with van der Waals surface area (Å²) in [5.41, 5.74) is 0.943. The van der Waals surface area contributed by atoms with E-state index in [0.717, 1.165) is 5.56 Å². The molecule has 0 radical (unpaired) electrons. The summed E-state index contributed by atoms with van der Waals surface area (Å²) in [6.07, 6.45) is 0. The van der Waals surface area contributed by atoms with Crippen LogP contribution in [0.1, 0.15) is 5.56 Å². The van der Waals surface area contributed by atoms with E-state index in [-0.39, 0.29) is 25.3 Å². The van der Waals surface area contributed by atoms with Crippen LogP contribution in [0.3, 0.4) is 0 Å². The molecule has 10 heavy (non-hydrogen) atoms. The van der Waals surface area contributed by atoms with Crippen molar-refractivity contribution in [1.29, 1.82) is 0 Å². The van der Waals surface area contributed by atoms with E-state index >= 15 is 0 Å². The molecular formula is C7H6ClFZn. The zero-order valence-electron chi connectivity index (χ0n) is 5.48. The summed E-state index contributed by atoms with van der Waals surface area (Å²) in [5.74, 6) is 0.226. The summed E-state index contributed by atoms with van der Waals surface area (Å²) in [5, 5.41) is 0. The van der Waals surface area contributed by atoms with Gasteiger partial charge < -0.3 is 0 Å². The Labute approximate surface area is 77.1 Å². The number of hydrogen-bond acceptors (Lipinski definition) is 0. The fraction of sp³-hybridized carbons (Fsp3) is 0.143. The molecule has 0 N–H and O–H groups in total. The standard InChI is InChI=1S/C7H6ClF.Zn/c8-5-6-1-3-7(9)4-2-6;/h1-4H,5H2;. The van der Waals surface area contributed by atoms with Gasteiger partial charge in [0.25, 0.3) is 0 Å². The molecular weight excluding hydrogens is 204 g/mol. The molecule has 0 spiro atoms. The molecule has 0 atom stereocenters. The van der Waals surface area contributed by atoms with Crippen LogP contribution in [0.2, 0.25) is 0 Å². The SMILES string of the molecule is Fc1ccc(CCl)cc1.[Zn]. The number of benzene rings is 1. The summed E-state index contributed by atoms with van der Waals surface area (Å²) in [6.45, 7) is 0. The quantitative estimate of drug-likeness (QED) is 0.493. The summed E-state index contributed by atoms with van der Waals surface area (Å²) in [6, 6.07) is 6.14. The molecule has 0 heterocycles. The first kappa shape index (κ1) is 10.1. The summed E-state index contributed by atoms with van der Waals surface area (Å²) < 4.78 is 12.2. The number of hydrogen-bond donors (Lipinski definition) is 0. The van der Waals surface area contributed by atoms with Gasteiger partial charge in [-0.25, -0.2) is 4.39 Å². The Kier molecular flexibility index (Phi) is 4.84. The van der Waals surface area contributed by atoms with Crippen LogP contribution in [0, 0.1) is 5.82 Å². The van der Waals surface area contributed by atoms with Gasteiger partial charge in [-0.2, -0.15) is 0 Å². The zero-order valence-corrected chi connectivity index (χ0v) is 9.20. The van der Waals surface area contributed by atoms with E-state index in [1.807, 2.05) is 0 Å². The van der Waals surface area contributed by atoms with Crippen LogP contribution in [0.15, 0.2) is 24.3 Å². The third-order valence-electron chi connectivity index (χ3n) is 1.07. The van der Waals surface area contributed by atoms with Crippen molar-refractivity contribution in [3.8, 4) is 0 Å². The Morgan fingerprint density at radius 2 is 1.70 bits per heavy atom. The molecule has 0 bridgehead atoms. The second-order valence-corrected chi connectivity index (χ2v) is 2.03. The van der Waals surface area contributed by atoms with E-state index in [1.54, 1.807) is 12.1 Å². The Hall–Kier alpha value is 0.0634. The molecule has 0 aliphatic heterocycles. The minimum Gasteiger partial charge on any atom is -0.207 e. The van der Waals surface area contributed by atoms with E-state index in [9.17, 15) is 4.39 Å². The fourth-order valence-electron chi connectivity index (χ4n) is 0.573. The number of halogens is 2. The molecule has 1 aromatic carbocycles. The minimum atomic E-state index is -0.219. The van der Waals surface area contributed by atoms with Crippen LogP contribution < -0.4 is 0 Å². The van der Waals surface area contributed by atoms with E-state index in [0.29, 0.717) is 5.88 Å². The molecule has 0 aliphatic carbocycles. The zero-order chi connectivity index (χ0) is 6.69.